The molecule has 0 radical (unpaired) electrons. The molecule has 134 valence electrons. The maximum Gasteiger partial charge on any atom is 0.310 e. The van der Waals surface area contributed by atoms with E-state index in [0.717, 1.165) is 35.8 Å². The van der Waals surface area contributed by atoms with E-state index in [9.17, 15) is 4.79 Å². The first kappa shape index (κ1) is 17.3. The van der Waals surface area contributed by atoms with Crippen LogP contribution in [0.2, 0.25) is 0 Å². The summed E-state index contributed by atoms with van der Waals surface area (Å²) in [4.78, 5) is 21.4. The summed E-state index contributed by atoms with van der Waals surface area (Å²) in [5.41, 5.74) is 2.94. The van der Waals surface area contributed by atoms with Crippen LogP contribution in [0.3, 0.4) is 0 Å². The van der Waals surface area contributed by atoms with Crippen LogP contribution in [0.25, 0.3) is 0 Å². The molecule has 0 amide bonds. The molecule has 0 saturated heterocycles. The van der Waals surface area contributed by atoms with E-state index in [1.165, 1.54) is 0 Å². The van der Waals surface area contributed by atoms with Gasteiger partial charge in [0.2, 0.25) is 0 Å². The highest BCUT2D eigenvalue weighted by Gasteiger charge is 2.20. The molecule has 25 heavy (non-hydrogen) atoms. The number of aromatic amines is 1. The molecule has 7 heteroatoms. The van der Waals surface area contributed by atoms with Gasteiger partial charge >= 0.3 is 5.97 Å². The van der Waals surface area contributed by atoms with E-state index in [4.69, 9.17) is 14.2 Å². The Morgan fingerprint density at radius 2 is 2.32 bits per heavy atom. The van der Waals surface area contributed by atoms with Crippen molar-refractivity contribution in [1.82, 2.24) is 9.97 Å². The van der Waals surface area contributed by atoms with Crippen molar-refractivity contribution in [2.45, 2.75) is 19.4 Å². The number of methoxy groups -OCH3 is 1. The number of hydrogen-bond acceptors (Lipinski definition) is 6. The van der Waals surface area contributed by atoms with Gasteiger partial charge in [-0.05, 0) is 17.7 Å². The Bertz CT molecular complexity index is 688. The number of imidazole rings is 1. The summed E-state index contributed by atoms with van der Waals surface area (Å²) in [5, 5.41) is 0. The molecule has 1 aromatic heterocycles. The van der Waals surface area contributed by atoms with Crippen LogP contribution in [0.15, 0.2) is 30.7 Å². The van der Waals surface area contributed by atoms with Crippen molar-refractivity contribution in [2.24, 2.45) is 0 Å². The van der Waals surface area contributed by atoms with Crippen molar-refractivity contribution < 1.29 is 19.0 Å². The number of hydrogen-bond donors (Lipinski definition) is 1. The fourth-order valence-electron chi connectivity index (χ4n) is 2.78. The summed E-state index contributed by atoms with van der Waals surface area (Å²) in [6.07, 6.45) is 4.44. The summed E-state index contributed by atoms with van der Waals surface area (Å²) in [5.74, 6) is 0.607. The van der Waals surface area contributed by atoms with Gasteiger partial charge in [-0.15, -0.1) is 0 Å². The lowest BCUT2D eigenvalue weighted by Crippen LogP contribution is -2.32. The molecule has 2 aromatic rings. The maximum atomic E-state index is 12.0. The minimum Gasteiger partial charge on any atom is -0.490 e. The molecule has 0 aliphatic carbocycles. The fraction of sp³-hybridized carbons (Fsp3) is 0.444. The molecule has 1 N–H and O–H groups in total. The number of nitrogens with zero attached hydrogens (tertiary/aromatic N) is 2. The van der Waals surface area contributed by atoms with Gasteiger partial charge in [0.15, 0.2) is 0 Å². The molecular formula is C18H23N3O4. The van der Waals surface area contributed by atoms with Crippen LogP contribution >= 0.6 is 0 Å². The molecule has 1 aliphatic rings. The predicted octanol–water partition coefficient (Wildman–Crippen LogP) is 1.93. The first-order valence-corrected chi connectivity index (χ1v) is 8.39. The van der Waals surface area contributed by atoms with Crippen LogP contribution in [-0.4, -0.2) is 49.4 Å². The molecule has 0 spiro atoms. The second-order valence-electron chi connectivity index (χ2n) is 5.89. The van der Waals surface area contributed by atoms with Crippen molar-refractivity contribution in [3.8, 4) is 5.75 Å². The van der Waals surface area contributed by atoms with Gasteiger partial charge in [-0.25, -0.2) is 4.98 Å². The Labute approximate surface area is 146 Å². The third-order valence-electron chi connectivity index (χ3n) is 4.00. The second-order valence-corrected chi connectivity index (χ2v) is 5.89. The summed E-state index contributed by atoms with van der Waals surface area (Å²) in [6, 6.07) is 5.83. The van der Waals surface area contributed by atoms with Crippen molar-refractivity contribution in [2.75, 3.05) is 38.4 Å². The Balaban J connectivity index is 1.64. The summed E-state index contributed by atoms with van der Waals surface area (Å²) < 4.78 is 15.9. The zero-order valence-corrected chi connectivity index (χ0v) is 14.4. The molecule has 7 nitrogen and oxygen atoms in total. The van der Waals surface area contributed by atoms with Gasteiger partial charge in [-0.3, -0.25) is 4.79 Å². The molecule has 0 bridgehead atoms. The lowest BCUT2D eigenvalue weighted by atomic mass is 10.1. The SMILES string of the molecule is COCCCOC(=O)Cc1ccc2c(c1)N(Cc1cnc[nH]1)CCO2. The van der Waals surface area contributed by atoms with Crippen molar-refractivity contribution in [3.63, 3.8) is 0 Å². The number of esters is 1. The number of carbonyl (C=O) groups excluding carboxylic acids is 1. The largest absolute Gasteiger partial charge is 0.490 e. The Morgan fingerprint density at radius 3 is 3.12 bits per heavy atom. The van der Waals surface area contributed by atoms with Gasteiger partial charge < -0.3 is 24.1 Å². The van der Waals surface area contributed by atoms with Crippen molar-refractivity contribution >= 4 is 11.7 Å². The number of anilines is 1. The topological polar surface area (TPSA) is 76.7 Å². The number of aromatic nitrogens is 2. The predicted molar refractivity (Wildman–Crippen MR) is 92.7 cm³/mol. The van der Waals surface area contributed by atoms with Crippen LogP contribution in [0.5, 0.6) is 5.75 Å². The Morgan fingerprint density at radius 1 is 1.40 bits per heavy atom. The highest BCUT2D eigenvalue weighted by Crippen LogP contribution is 2.33. The van der Waals surface area contributed by atoms with Crippen LogP contribution in [0, 0.1) is 0 Å². The van der Waals surface area contributed by atoms with E-state index >= 15 is 0 Å². The van der Waals surface area contributed by atoms with Crippen molar-refractivity contribution in [1.29, 1.82) is 0 Å². The number of H-pyrrole nitrogens is 1. The first-order chi connectivity index (χ1) is 12.3. The van der Waals surface area contributed by atoms with E-state index in [0.29, 0.717) is 26.2 Å². The molecule has 0 atom stereocenters. The molecule has 1 aliphatic heterocycles. The van der Waals surface area contributed by atoms with Crippen LogP contribution in [0.4, 0.5) is 5.69 Å². The van der Waals surface area contributed by atoms with Gasteiger partial charge in [0.05, 0.1) is 43.8 Å². The maximum absolute atomic E-state index is 12.0. The molecular weight excluding hydrogens is 322 g/mol. The van der Waals surface area contributed by atoms with Gasteiger partial charge in [0.1, 0.15) is 12.4 Å². The van der Waals surface area contributed by atoms with Crippen LogP contribution in [-0.2, 0) is 27.2 Å². The van der Waals surface area contributed by atoms with Gasteiger partial charge in [0.25, 0.3) is 0 Å². The number of fused-ring (bicyclic) bond motifs is 1. The minimum absolute atomic E-state index is 0.229. The second kappa shape index (κ2) is 8.53. The van der Waals surface area contributed by atoms with E-state index in [1.54, 1.807) is 13.4 Å². The van der Waals surface area contributed by atoms with Crippen LogP contribution < -0.4 is 9.64 Å². The number of benzene rings is 1. The van der Waals surface area contributed by atoms with Crippen LogP contribution in [0.1, 0.15) is 17.7 Å². The van der Waals surface area contributed by atoms with Gasteiger partial charge in [-0.1, -0.05) is 6.07 Å². The smallest absolute Gasteiger partial charge is 0.310 e. The van der Waals surface area contributed by atoms with E-state index in [-0.39, 0.29) is 12.4 Å². The third kappa shape index (κ3) is 4.73. The molecule has 2 heterocycles. The highest BCUT2D eigenvalue weighted by molar-refractivity contribution is 5.74. The van der Waals surface area contributed by atoms with E-state index in [1.807, 2.05) is 24.4 Å². The fourth-order valence-corrected chi connectivity index (χ4v) is 2.78. The first-order valence-electron chi connectivity index (χ1n) is 8.39. The number of rotatable bonds is 8. The third-order valence-corrected chi connectivity index (χ3v) is 4.00. The Kier molecular flexibility index (Phi) is 5.90. The number of carbonyl (C=O) groups is 1. The number of nitrogens with one attached hydrogen (secondary N) is 1. The summed E-state index contributed by atoms with van der Waals surface area (Å²) in [6.45, 7) is 3.12. The standard InChI is InChI=1S/C18H23N3O4/c1-23-6-2-7-25-18(22)10-14-3-4-17-16(9-14)21(5-8-24-17)12-15-11-19-13-20-15/h3-4,9,11,13H,2,5-8,10,12H2,1H3,(H,19,20). The summed E-state index contributed by atoms with van der Waals surface area (Å²) >= 11 is 0. The van der Waals surface area contributed by atoms with E-state index in [2.05, 4.69) is 14.9 Å². The molecule has 0 fully saturated rings. The minimum atomic E-state index is -0.229. The lowest BCUT2D eigenvalue weighted by molar-refractivity contribution is -0.143. The van der Waals surface area contributed by atoms with E-state index < -0.39 is 0 Å². The average molecular weight is 345 g/mol. The molecule has 0 saturated carbocycles. The van der Waals surface area contributed by atoms with Gasteiger partial charge in [-0.2, -0.15) is 0 Å². The normalized spacial score (nSPS) is 13.2. The summed E-state index contributed by atoms with van der Waals surface area (Å²) in [7, 11) is 1.63. The molecule has 0 unspecified atom stereocenters. The van der Waals surface area contributed by atoms with Gasteiger partial charge in [0, 0.05) is 26.3 Å². The average Bonchev–Trinajstić information content (AvgIpc) is 3.12. The number of ether oxygens (including phenoxy) is 3. The zero-order valence-electron chi connectivity index (χ0n) is 14.4. The zero-order chi connectivity index (χ0) is 17.5. The monoisotopic (exact) mass is 345 g/mol. The van der Waals surface area contributed by atoms with Crippen molar-refractivity contribution in [3.05, 3.63) is 42.0 Å². The molecule has 1 aromatic carbocycles. The quantitative estimate of drug-likeness (QED) is 0.582. The lowest BCUT2D eigenvalue weighted by Gasteiger charge is -2.31. The Hall–Kier alpha value is -2.54. The highest BCUT2D eigenvalue weighted by atomic mass is 16.5. The molecule has 3 rings (SSSR count).